The number of sulfonamides is 1. The van der Waals surface area contributed by atoms with E-state index >= 15 is 0 Å². The van der Waals surface area contributed by atoms with Crippen molar-refractivity contribution in [3.8, 4) is 5.75 Å². The molecule has 1 aromatic carbocycles. The van der Waals surface area contributed by atoms with Crippen molar-refractivity contribution in [1.29, 1.82) is 0 Å². The van der Waals surface area contributed by atoms with Crippen molar-refractivity contribution in [3.63, 3.8) is 0 Å². The average Bonchev–Trinajstić information content (AvgIpc) is 2.48. The van der Waals surface area contributed by atoms with E-state index in [1.54, 1.807) is 12.1 Å². The summed E-state index contributed by atoms with van der Waals surface area (Å²) in [5, 5.41) is 0.819. The van der Waals surface area contributed by atoms with Crippen molar-refractivity contribution in [1.82, 2.24) is 4.72 Å². The van der Waals surface area contributed by atoms with Crippen LogP contribution in [0.25, 0.3) is 11.0 Å². The van der Waals surface area contributed by atoms with Crippen molar-refractivity contribution in [2.45, 2.75) is 32.0 Å². The van der Waals surface area contributed by atoms with Gasteiger partial charge in [0.1, 0.15) is 23.0 Å². The average molecular weight is 367 g/mol. The fourth-order valence-electron chi connectivity index (χ4n) is 2.88. The van der Waals surface area contributed by atoms with Crippen LogP contribution in [0.1, 0.15) is 19.4 Å². The summed E-state index contributed by atoms with van der Waals surface area (Å²) in [5.41, 5.74) is 0.448. The zero-order valence-corrected chi connectivity index (χ0v) is 15.2. The van der Waals surface area contributed by atoms with E-state index in [9.17, 15) is 13.2 Å². The van der Waals surface area contributed by atoms with Crippen LogP contribution in [0.15, 0.2) is 33.5 Å². The van der Waals surface area contributed by atoms with E-state index in [2.05, 4.69) is 4.72 Å². The lowest BCUT2D eigenvalue weighted by atomic mass is 9.90. The third-order valence-corrected chi connectivity index (χ3v) is 4.87. The standard InChI is InChI=1S/C17H21NO6S/c1-17(2)15(22-7-6-18-25(3,20)21)9-12-8-11-4-5-16(19)23-13(11)10-14(12)24-17/h4-5,8,10,15,18H,6-7,9H2,1-3H3/t15-/m0/s1. The van der Waals surface area contributed by atoms with Gasteiger partial charge in [-0.25, -0.2) is 17.9 Å². The van der Waals surface area contributed by atoms with E-state index in [4.69, 9.17) is 13.9 Å². The third kappa shape index (κ3) is 4.20. The maximum Gasteiger partial charge on any atom is 0.336 e. The Morgan fingerprint density at radius 3 is 2.80 bits per heavy atom. The molecule has 0 saturated carbocycles. The topological polar surface area (TPSA) is 94.8 Å². The van der Waals surface area contributed by atoms with Gasteiger partial charge < -0.3 is 13.9 Å². The first-order valence-corrected chi connectivity index (χ1v) is 9.85. The van der Waals surface area contributed by atoms with Gasteiger partial charge in [0.25, 0.3) is 0 Å². The van der Waals surface area contributed by atoms with Crippen molar-refractivity contribution in [2.24, 2.45) is 0 Å². The second kappa shape index (κ2) is 6.44. The van der Waals surface area contributed by atoms with Crippen LogP contribution >= 0.6 is 0 Å². The number of fused-ring (bicyclic) bond motifs is 2. The fourth-order valence-corrected chi connectivity index (χ4v) is 3.34. The van der Waals surface area contributed by atoms with Gasteiger partial charge in [-0.2, -0.15) is 0 Å². The Balaban J connectivity index is 1.78. The summed E-state index contributed by atoms with van der Waals surface area (Å²) in [6.45, 7) is 4.29. The molecule has 136 valence electrons. The van der Waals surface area contributed by atoms with Crippen LogP contribution in [-0.4, -0.2) is 39.5 Å². The van der Waals surface area contributed by atoms with Gasteiger partial charge in [0.15, 0.2) is 0 Å². The van der Waals surface area contributed by atoms with Crippen LogP contribution in [0.3, 0.4) is 0 Å². The molecule has 0 fully saturated rings. The number of rotatable bonds is 5. The predicted molar refractivity (Wildman–Crippen MR) is 93.5 cm³/mol. The molecule has 0 spiro atoms. The first-order valence-electron chi connectivity index (χ1n) is 7.96. The third-order valence-electron chi connectivity index (χ3n) is 4.14. The Kier molecular flexibility index (Phi) is 4.61. The van der Waals surface area contributed by atoms with Crippen molar-refractivity contribution < 1.29 is 22.3 Å². The van der Waals surface area contributed by atoms with E-state index in [0.717, 1.165) is 17.2 Å². The first kappa shape index (κ1) is 17.9. The summed E-state index contributed by atoms with van der Waals surface area (Å²) in [6, 6.07) is 6.75. The Morgan fingerprint density at radius 1 is 1.32 bits per heavy atom. The second-order valence-electron chi connectivity index (χ2n) is 6.69. The van der Waals surface area contributed by atoms with Crippen LogP contribution in [-0.2, 0) is 21.2 Å². The smallest absolute Gasteiger partial charge is 0.336 e. The number of benzene rings is 1. The molecule has 7 nitrogen and oxygen atoms in total. The molecule has 1 atom stereocenters. The van der Waals surface area contributed by atoms with E-state index in [1.807, 2.05) is 19.9 Å². The van der Waals surface area contributed by atoms with Gasteiger partial charge in [-0.15, -0.1) is 0 Å². The number of ether oxygens (including phenoxy) is 2. The zero-order valence-electron chi connectivity index (χ0n) is 14.4. The molecular weight excluding hydrogens is 346 g/mol. The fraction of sp³-hybridized carbons (Fsp3) is 0.471. The van der Waals surface area contributed by atoms with Gasteiger partial charge in [0.2, 0.25) is 10.0 Å². The monoisotopic (exact) mass is 367 g/mol. The van der Waals surface area contributed by atoms with Gasteiger partial charge in [-0.1, -0.05) is 0 Å². The highest BCUT2D eigenvalue weighted by Crippen LogP contribution is 2.37. The molecule has 1 N–H and O–H groups in total. The Labute approximate surface area is 146 Å². The molecule has 2 aromatic rings. The summed E-state index contributed by atoms with van der Waals surface area (Å²) < 4.78 is 41.7. The van der Waals surface area contributed by atoms with Gasteiger partial charge in [0.05, 0.1) is 12.9 Å². The normalized spacial score (nSPS) is 19.4. The molecule has 8 heteroatoms. The molecule has 0 radical (unpaired) electrons. The molecule has 3 rings (SSSR count). The van der Waals surface area contributed by atoms with Crippen LogP contribution in [0.5, 0.6) is 5.75 Å². The molecule has 1 aromatic heterocycles. The molecule has 0 unspecified atom stereocenters. The van der Waals surface area contributed by atoms with Crippen molar-refractivity contribution in [3.05, 3.63) is 40.2 Å². The van der Waals surface area contributed by atoms with Crippen LogP contribution < -0.4 is 15.1 Å². The minimum Gasteiger partial charge on any atom is -0.485 e. The summed E-state index contributed by atoms with van der Waals surface area (Å²) >= 11 is 0. The summed E-state index contributed by atoms with van der Waals surface area (Å²) in [5.74, 6) is 0.668. The minimum atomic E-state index is -3.23. The van der Waals surface area contributed by atoms with Gasteiger partial charge >= 0.3 is 5.63 Å². The second-order valence-corrected chi connectivity index (χ2v) is 8.52. The van der Waals surface area contributed by atoms with E-state index < -0.39 is 21.2 Å². The highest BCUT2D eigenvalue weighted by atomic mass is 32.2. The molecule has 2 heterocycles. The van der Waals surface area contributed by atoms with Crippen molar-refractivity contribution in [2.75, 3.05) is 19.4 Å². The summed E-state index contributed by atoms with van der Waals surface area (Å²) in [7, 11) is -3.23. The Hall–Kier alpha value is -1.90. The molecule has 0 saturated heterocycles. The lowest BCUT2D eigenvalue weighted by molar-refractivity contribution is -0.0817. The minimum absolute atomic E-state index is 0.209. The zero-order chi connectivity index (χ0) is 18.2. The number of nitrogens with one attached hydrogen (secondary N) is 1. The molecule has 0 aliphatic carbocycles. The largest absolute Gasteiger partial charge is 0.485 e. The van der Waals surface area contributed by atoms with Gasteiger partial charge in [-0.3, -0.25) is 0 Å². The molecule has 25 heavy (non-hydrogen) atoms. The molecule has 1 aliphatic heterocycles. The lowest BCUT2D eigenvalue weighted by Crippen LogP contribution is -2.48. The quantitative estimate of drug-likeness (QED) is 0.635. The summed E-state index contributed by atoms with van der Waals surface area (Å²) in [4.78, 5) is 11.4. The van der Waals surface area contributed by atoms with E-state index in [0.29, 0.717) is 17.8 Å². The summed E-state index contributed by atoms with van der Waals surface area (Å²) in [6.07, 6.45) is 1.51. The molecule has 1 aliphatic rings. The Bertz CT molecular complexity index is 947. The van der Waals surface area contributed by atoms with E-state index in [1.165, 1.54) is 6.07 Å². The molecule has 0 amide bonds. The maximum absolute atomic E-state index is 11.4. The van der Waals surface area contributed by atoms with E-state index in [-0.39, 0.29) is 19.3 Å². The highest BCUT2D eigenvalue weighted by molar-refractivity contribution is 7.88. The van der Waals surface area contributed by atoms with Crippen molar-refractivity contribution >= 4 is 21.0 Å². The SMILES string of the molecule is CC1(C)Oc2cc3oc(=O)ccc3cc2C[C@@H]1OCCNS(C)(=O)=O. The number of hydrogen-bond donors (Lipinski definition) is 1. The van der Waals surface area contributed by atoms with Gasteiger partial charge in [0, 0.05) is 30.5 Å². The molecular formula is C17H21NO6S. The Morgan fingerprint density at radius 2 is 2.08 bits per heavy atom. The van der Waals surface area contributed by atoms with Gasteiger partial charge in [-0.05, 0) is 31.5 Å². The van der Waals surface area contributed by atoms with Crippen LogP contribution in [0, 0.1) is 0 Å². The molecule has 0 bridgehead atoms. The number of hydrogen-bond acceptors (Lipinski definition) is 6. The highest BCUT2D eigenvalue weighted by Gasteiger charge is 2.38. The lowest BCUT2D eigenvalue weighted by Gasteiger charge is -2.39. The maximum atomic E-state index is 11.4. The first-order chi connectivity index (χ1) is 11.6. The van der Waals surface area contributed by atoms with Crippen LogP contribution in [0.2, 0.25) is 0 Å². The predicted octanol–water partition coefficient (Wildman–Crippen LogP) is 1.44. The van der Waals surface area contributed by atoms with Crippen LogP contribution in [0.4, 0.5) is 0 Å².